The van der Waals surface area contributed by atoms with E-state index in [2.05, 4.69) is 28.8 Å². The highest BCUT2D eigenvalue weighted by Gasteiger charge is 1.97. The Kier molecular flexibility index (Phi) is 4.29. The van der Waals surface area contributed by atoms with Crippen LogP contribution < -0.4 is 5.73 Å². The highest BCUT2D eigenvalue weighted by Crippen LogP contribution is 2.06. The highest BCUT2D eigenvalue weighted by atomic mass is 32.1. The number of hydrogen-bond donors (Lipinski definition) is 1. The van der Waals surface area contributed by atoms with Crippen molar-refractivity contribution >= 4 is 11.3 Å². The summed E-state index contributed by atoms with van der Waals surface area (Å²) in [5.74, 6) is 0. The average molecular weight is 184 g/mol. The Morgan fingerprint density at radius 3 is 2.92 bits per heavy atom. The normalized spacial score (nSPS) is 10.9. The predicted molar refractivity (Wildman–Crippen MR) is 54.6 cm³/mol. The average Bonchev–Trinajstić information content (AvgIpc) is 2.53. The minimum Gasteiger partial charge on any atom is -0.329 e. The molecule has 0 saturated carbocycles. The Labute approximate surface area is 78.0 Å². The number of nitrogens with zero attached hydrogens (tertiary/aromatic N) is 1. The number of nitrogens with two attached hydrogens (primary N) is 1. The number of likely N-dealkylation sites (N-methyl/N-ethyl adjacent to an activating group) is 1. The van der Waals surface area contributed by atoms with Crippen LogP contribution in [0, 0.1) is 0 Å². The van der Waals surface area contributed by atoms with Crippen LogP contribution in [0.25, 0.3) is 0 Å². The van der Waals surface area contributed by atoms with E-state index < -0.39 is 0 Å². The van der Waals surface area contributed by atoms with Gasteiger partial charge in [-0.2, -0.15) is 11.3 Å². The van der Waals surface area contributed by atoms with Gasteiger partial charge in [0.05, 0.1) is 0 Å². The molecule has 1 aromatic rings. The maximum absolute atomic E-state index is 5.44. The first-order chi connectivity index (χ1) is 5.83. The van der Waals surface area contributed by atoms with E-state index in [-0.39, 0.29) is 0 Å². The first kappa shape index (κ1) is 9.71. The number of rotatable bonds is 5. The van der Waals surface area contributed by atoms with Gasteiger partial charge in [-0.25, -0.2) is 0 Å². The van der Waals surface area contributed by atoms with Gasteiger partial charge in [-0.05, 0) is 35.9 Å². The van der Waals surface area contributed by atoms with Crippen molar-refractivity contribution in [3.63, 3.8) is 0 Å². The Morgan fingerprint density at radius 2 is 2.33 bits per heavy atom. The molecule has 0 aliphatic heterocycles. The fourth-order valence-electron chi connectivity index (χ4n) is 1.09. The zero-order chi connectivity index (χ0) is 8.81. The van der Waals surface area contributed by atoms with Gasteiger partial charge < -0.3 is 10.6 Å². The van der Waals surface area contributed by atoms with Crippen molar-refractivity contribution in [2.24, 2.45) is 5.73 Å². The molecule has 0 aliphatic carbocycles. The van der Waals surface area contributed by atoms with Gasteiger partial charge in [-0.1, -0.05) is 0 Å². The Morgan fingerprint density at radius 1 is 1.50 bits per heavy atom. The van der Waals surface area contributed by atoms with Crippen molar-refractivity contribution in [3.05, 3.63) is 22.4 Å². The second kappa shape index (κ2) is 5.30. The minimum absolute atomic E-state index is 0.750. The van der Waals surface area contributed by atoms with Crippen LogP contribution in [0.15, 0.2) is 16.8 Å². The Bertz CT molecular complexity index is 196. The largest absolute Gasteiger partial charge is 0.329 e. The van der Waals surface area contributed by atoms with Gasteiger partial charge >= 0.3 is 0 Å². The van der Waals surface area contributed by atoms with Crippen molar-refractivity contribution in [2.75, 3.05) is 26.7 Å². The molecule has 0 unspecified atom stereocenters. The van der Waals surface area contributed by atoms with E-state index in [0.717, 1.165) is 26.1 Å². The molecular formula is C9H16N2S. The summed E-state index contributed by atoms with van der Waals surface area (Å²) in [6.45, 7) is 2.85. The molecule has 0 radical (unpaired) electrons. The molecule has 0 amide bonds. The summed E-state index contributed by atoms with van der Waals surface area (Å²) < 4.78 is 0. The smallest absolute Gasteiger partial charge is 0.0102 e. The maximum Gasteiger partial charge on any atom is 0.0102 e. The van der Waals surface area contributed by atoms with Crippen LogP contribution in [0.5, 0.6) is 0 Å². The van der Waals surface area contributed by atoms with Gasteiger partial charge in [-0.3, -0.25) is 0 Å². The fourth-order valence-corrected chi connectivity index (χ4v) is 1.79. The van der Waals surface area contributed by atoms with E-state index in [9.17, 15) is 0 Å². The zero-order valence-electron chi connectivity index (χ0n) is 7.49. The molecule has 0 spiro atoms. The second-order valence-electron chi connectivity index (χ2n) is 2.97. The molecule has 68 valence electrons. The van der Waals surface area contributed by atoms with Crippen LogP contribution in [0.4, 0.5) is 0 Å². The molecule has 3 heteroatoms. The van der Waals surface area contributed by atoms with Crippen molar-refractivity contribution in [2.45, 2.75) is 6.42 Å². The first-order valence-corrected chi connectivity index (χ1v) is 5.17. The summed E-state index contributed by atoms with van der Waals surface area (Å²) in [5.41, 5.74) is 6.87. The van der Waals surface area contributed by atoms with Crippen LogP contribution in [0.2, 0.25) is 0 Å². The van der Waals surface area contributed by atoms with Crippen molar-refractivity contribution in [1.82, 2.24) is 4.90 Å². The third kappa shape index (κ3) is 3.34. The zero-order valence-corrected chi connectivity index (χ0v) is 8.31. The van der Waals surface area contributed by atoms with Crippen LogP contribution >= 0.6 is 11.3 Å². The van der Waals surface area contributed by atoms with E-state index >= 15 is 0 Å². The quantitative estimate of drug-likeness (QED) is 0.744. The van der Waals surface area contributed by atoms with E-state index in [0.29, 0.717) is 0 Å². The molecule has 2 N–H and O–H groups in total. The summed E-state index contributed by atoms with van der Waals surface area (Å²) in [6.07, 6.45) is 1.14. The standard InChI is InChI=1S/C9H16N2S/c1-11(6-4-10)5-2-9-3-7-12-8-9/h3,7-8H,2,4-6,10H2,1H3. The lowest BCUT2D eigenvalue weighted by atomic mass is 10.2. The van der Waals surface area contributed by atoms with Gasteiger partial charge in [0.25, 0.3) is 0 Å². The lowest BCUT2D eigenvalue weighted by Crippen LogP contribution is -2.27. The van der Waals surface area contributed by atoms with E-state index in [4.69, 9.17) is 5.73 Å². The Balaban J connectivity index is 2.17. The van der Waals surface area contributed by atoms with Gasteiger partial charge in [0.1, 0.15) is 0 Å². The summed E-state index contributed by atoms with van der Waals surface area (Å²) in [4.78, 5) is 2.26. The van der Waals surface area contributed by atoms with Crippen molar-refractivity contribution in [3.8, 4) is 0 Å². The van der Waals surface area contributed by atoms with Crippen LogP contribution in [0.1, 0.15) is 5.56 Å². The lowest BCUT2D eigenvalue weighted by Gasteiger charge is -2.14. The van der Waals surface area contributed by atoms with E-state index in [1.165, 1.54) is 5.56 Å². The molecule has 0 bridgehead atoms. The molecule has 1 heterocycles. The Hall–Kier alpha value is -0.380. The molecule has 0 fully saturated rings. The predicted octanol–water partition coefficient (Wildman–Crippen LogP) is 1.18. The topological polar surface area (TPSA) is 29.3 Å². The molecule has 1 aromatic heterocycles. The molecule has 0 saturated heterocycles. The van der Waals surface area contributed by atoms with Crippen LogP contribution in [-0.2, 0) is 6.42 Å². The second-order valence-corrected chi connectivity index (χ2v) is 3.75. The van der Waals surface area contributed by atoms with Crippen LogP contribution in [-0.4, -0.2) is 31.6 Å². The third-order valence-electron chi connectivity index (χ3n) is 1.87. The van der Waals surface area contributed by atoms with E-state index in [1.807, 2.05) is 0 Å². The first-order valence-electron chi connectivity index (χ1n) is 4.22. The summed E-state index contributed by atoms with van der Waals surface area (Å²) in [6, 6.07) is 2.18. The molecule has 0 atom stereocenters. The molecule has 12 heavy (non-hydrogen) atoms. The molecule has 2 nitrogen and oxygen atoms in total. The van der Waals surface area contributed by atoms with Crippen LogP contribution in [0.3, 0.4) is 0 Å². The van der Waals surface area contributed by atoms with Gasteiger partial charge in [-0.15, -0.1) is 0 Å². The van der Waals surface area contributed by atoms with Crippen molar-refractivity contribution < 1.29 is 0 Å². The summed E-state index contributed by atoms with van der Waals surface area (Å²) >= 11 is 1.76. The monoisotopic (exact) mass is 184 g/mol. The molecule has 0 aliphatic rings. The van der Waals surface area contributed by atoms with Gasteiger partial charge in [0, 0.05) is 19.6 Å². The highest BCUT2D eigenvalue weighted by molar-refractivity contribution is 7.07. The maximum atomic E-state index is 5.44. The summed E-state index contributed by atoms with van der Waals surface area (Å²) in [5, 5.41) is 4.33. The molecule has 1 rings (SSSR count). The number of hydrogen-bond acceptors (Lipinski definition) is 3. The third-order valence-corrected chi connectivity index (χ3v) is 2.61. The van der Waals surface area contributed by atoms with E-state index in [1.54, 1.807) is 11.3 Å². The number of thiophene rings is 1. The lowest BCUT2D eigenvalue weighted by molar-refractivity contribution is 0.348. The minimum atomic E-state index is 0.750. The van der Waals surface area contributed by atoms with Gasteiger partial charge in [0.15, 0.2) is 0 Å². The van der Waals surface area contributed by atoms with Crippen molar-refractivity contribution in [1.29, 1.82) is 0 Å². The summed E-state index contributed by atoms with van der Waals surface area (Å²) in [7, 11) is 2.11. The fraction of sp³-hybridized carbons (Fsp3) is 0.556. The molecule has 0 aromatic carbocycles. The SMILES string of the molecule is CN(CCN)CCc1ccsc1. The molecular weight excluding hydrogens is 168 g/mol. The van der Waals surface area contributed by atoms with Gasteiger partial charge in [0.2, 0.25) is 0 Å².